The standard InChI is InChI=1S/C12H24N2O3/c1-6-9(2)13-10(15)7-14(8-11(16)17)12(3,4)5/h9H,6-8H2,1-5H3,(H,13,15)(H,16,17). The summed E-state index contributed by atoms with van der Waals surface area (Å²) >= 11 is 0. The largest absolute Gasteiger partial charge is 0.480 e. The van der Waals surface area contributed by atoms with E-state index < -0.39 is 5.97 Å². The predicted octanol–water partition coefficient (Wildman–Crippen LogP) is 1.09. The van der Waals surface area contributed by atoms with Gasteiger partial charge in [0.05, 0.1) is 13.1 Å². The summed E-state index contributed by atoms with van der Waals surface area (Å²) < 4.78 is 0. The van der Waals surface area contributed by atoms with Gasteiger partial charge in [0.25, 0.3) is 0 Å². The second kappa shape index (κ2) is 6.59. The van der Waals surface area contributed by atoms with Crippen LogP contribution in [-0.4, -0.2) is 46.6 Å². The average molecular weight is 244 g/mol. The molecule has 0 saturated carbocycles. The van der Waals surface area contributed by atoms with Gasteiger partial charge in [0.2, 0.25) is 5.91 Å². The minimum Gasteiger partial charge on any atom is -0.480 e. The van der Waals surface area contributed by atoms with Crippen molar-refractivity contribution < 1.29 is 14.7 Å². The van der Waals surface area contributed by atoms with Crippen LogP contribution in [-0.2, 0) is 9.59 Å². The molecule has 100 valence electrons. The molecular weight excluding hydrogens is 220 g/mol. The van der Waals surface area contributed by atoms with Gasteiger partial charge in [0.15, 0.2) is 0 Å². The Hall–Kier alpha value is -1.10. The maximum absolute atomic E-state index is 11.7. The van der Waals surface area contributed by atoms with E-state index in [9.17, 15) is 9.59 Å². The Morgan fingerprint density at radius 2 is 1.82 bits per heavy atom. The van der Waals surface area contributed by atoms with Gasteiger partial charge in [0, 0.05) is 11.6 Å². The van der Waals surface area contributed by atoms with Crippen molar-refractivity contribution in [3.8, 4) is 0 Å². The molecule has 0 aromatic heterocycles. The zero-order valence-electron chi connectivity index (χ0n) is 11.4. The van der Waals surface area contributed by atoms with E-state index >= 15 is 0 Å². The summed E-state index contributed by atoms with van der Waals surface area (Å²) in [4.78, 5) is 24.1. The van der Waals surface area contributed by atoms with Gasteiger partial charge in [-0.25, -0.2) is 0 Å². The normalized spacial score (nSPS) is 13.5. The molecule has 0 rings (SSSR count). The number of nitrogens with zero attached hydrogens (tertiary/aromatic N) is 1. The molecule has 0 aromatic carbocycles. The molecule has 5 heteroatoms. The first kappa shape index (κ1) is 15.9. The van der Waals surface area contributed by atoms with E-state index in [2.05, 4.69) is 5.32 Å². The lowest BCUT2D eigenvalue weighted by Crippen LogP contribution is -2.50. The third-order valence-corrected chi connectivity index (χ3v) is 2.63. The second-order valence-corrected chi connectivity index (χ2v) is 5.30. The van der Waals surface area contributed by atoms with Crippen LogP contribution in [0.3, 0.4) is 0 Å². The molecule has 0 aliphatic rings. The van der Waals surface area contributed by atoms with Crippen LogP contribution in [0.25, 0.3) is 0 Å². The highest BCUT2D eigenvalue weighted by Crippen LogP contribution is 2.12. The molecule has 0 bridgehead atoms. The van der Waals surface area contributed by atoms with Gasteiger partial charge in [0.1, 0.15) is 0 Å². The van der Waals surface area contributed by atoms with Crippen molar-refractivity contribution in [2.45, 2.75) is 52.6 Å². The van der Waals surface area contributed by atoms with Gasteiger partial charge >= 0.3 is 5.97 Å². The lowest BCUT2D eigenvalue weighted by Gasteiger charge is -2.33. The first-order chi connectivity index (χ1) is 7.66. The highest BCUT2D eigenvalue weighted by atomic mass is 16.4. The Labute approximate surface area is 103 Å². The van der Waals surface area contributed by atoms with Crippen molar-refractivity contribution in [2.24, 2.45) is 0 Å². The summed E-state index contributed by atoms with van der Waals surface area (Å²) in [6.07, 6.45) is 0.861. The highest BCUT2D eigenvalue weighted by Gasteiger charge is 2.25. The monoisotopic (exact) mass is 244 g/mol. The maximum Gasteiger partial charge on any atom is 0.317 e. The third-order valence-electron chi connectivity index (χ3n) is 2.63. The second-order valence-electron chi connectivity index (χ2n) is 5.30. The fourth-order valence-corrected chi connectivity index (χ4v) is 1.29. The zero-order chi connectivity index (χ0) is 13.6. The molecule has 0 aliphatic heterocycles. The number of hydrogen-bond donors (Lipinski definition) is 2. The van der Waals surface area contributed by atoms with Gasteiger partial charge < -0.3 is 10.4 Å². The van der Waals surface area contributed by atoms with E-state index in [-0.39, 0.29) is 30.6 Å². The summed E-state index contributed by atoms with van der Waals surface area (Å²) in [6, 6.07) is 0.120. The van der Waals surface area contributed by atoms with Crippen molar-refractivity contribution >= 4 is 11.9 Å². The first-order valence-corrected chi connectivity index (χ1v) is 5.93. The minimum absolute atomic E-state index is 0.111. The lowest BCUT2D eigenvalue weighted by molar-refractivity contribution is -0.140. The third kappa shape index (κ3) is 6.94. The molecule has 0 spiro atoms. The maximum atomic E-state index is 11.7. The van der Waals surface area contributed by atoms with Crippen LogP contribution in [0.5, 0.6) is 0 Å². The van der Waals surface area contributed by atoms with Gasteiger partial charge in [-0.15, -0.1) is 0 Å². The fourth-order valence-electron chi connectivity index (χ4n) is 1.29. The fraction of sp³-hybridized carbons (Fsp3) is 0.833. The quantitative estimate of drug-likeness (QED) is 0.733. The van der Waals surface area contributed by atoms with Crippen LogP contribution in [0.2, 0.25) is 0 Å². The summed E-state index contributed by atoms with van der Waals surface area (Å²) in [7, 11) is 0. The molecule has 5 nitrogen and oxygen atoms in total. The number of aliphatic carboxylic acids is 1. The van der Waals surface area contributed by atoms with Crippen molar-refractivity contribution in [2.75, 3.05) is 13.1 Å². The summed E-state index contributed by atoms with van der Waals surface area (Å²) in [5.74, 6) is -1.05. The Bertz CT molecular complexity index is 271. The molecule has 1 amide bonds. The molecular formula is C12H24N2O3. The molecule has 2 N–H and O–H groups in total. The van der Waals surface area contributed by atoms with E-state index in [1.807, 2.05) is 34.6 Å². The molecule has 0 fully saturated rings. The lowest BCUT2D eigenvalue weighted by atomic mass is 10.1. The first-order valence-electron chi connectivity index (χ1n) is 5.93. The Kier molecular flexibility index (Phi) is 6.16. The van der Waals surface area contributed by atoms with E-state index in [1.165, 1.54) is 0 Å². The predicted molar refractivity (Wildman–Crippen MR) is 66.9 cm³/mol. The summed E-state index contributed by atoms with van der Waals surface area (Å²) in [5, 5.41) is 11.6. The average Bonchev–Trinajstić information content (AvgIpc) is 2.14. The van der Waals surface area contributed by atoms with Crippen molar-refractivity contribution in [1.29, 1.82) is 0 Å². The van der Waals surface area contributed by atoms with Crippen LogP contribution < -0.4 is 5.32 Å². The SMILES string of the molecule is CCC(C)NC(=O)CN(CC(=O)O)C(C)(C)C. The van der Waals surface area contributed by atoms with E-state index in [0.717, 1.165) is 6.42 Å². The molecule has 0 radical (unpaired) electrons. The number of amides is 1. The zero-order valence-corrected chi connectivity index (χ0v) is 11.4. The summed E-state index contributed by atoms with van der Waals surface area (Å²) in [5.41, 5.74) is -0.342. The number of nitrogens with one attached hydrogen (secondary N) is 1. The van der Waals surface area contributed by atoms with Crippen molar-refractivity contribution in [3.63, 3.8) is 0 Å². The molecule has 0 heterocycles. The van der Waals surface area contributed by atoms with E-state index in [1.54, 1.807) is 4.90 Å². The minimum atomic E-state index is -0.920. The summed E-state index contributed by atoms with van der Waals surface area (Å²) in [6.45, 7) is 9.59. The molecule has 1 atom stereocenters. The Balaban J connectivity index is 4.44. The van der Waals surface area contributed by atoms with Gasteiger partial charge in [-0.2, -0.15) is 0 Å². The molecule has 1 unspecified atom stereocenters. The van der Waals surface area contributed by atoms with Crippen LogP contribution in [0.15, 0.2) is 0 Å². The number of carboxylic acids is 1. The van der Waals surface area contributed by atoms with Crippen LogP contribution in [0.4, 0.5) is 0 Å². The smallest absolute Gasteiger partial charge is 0.317 e. The van der Waals surface area contributed by atoms with Crippen molar-refractivity contribution in [3.05, 3.63) is 0 Å². The highest BCUT2D eigenvalue weighted by molar-refractivity contribution is 5.79. The van der Waals surface area contributed by atoms with Gasteiger partial charge in [-0.05, 0) is 34.1 Å². The van der Waals surface area contributed by atoms with Crippen LogP contribution in [0, 0.1) is 0 Å². The number of carbonyl (C=O) groups excluding carboxylic acids is 1. The van der Waals surface area contributed by atoms with Gasteiger partial charge in [-0.3, -0.25) is 14.5 Å². The number of hydrogen-bond acceptors (Lipinski definition) is 3. The van der Waals surface area contributed by atoms with Gasteiger partial charge in [-0.1, -0.05) is 6.92 Å². The molecule has 17 heavy (non-hydrogen) atoms. The van der Waals surface area contributed by atoms with Crippen LogP contribution >= 0.6 is 0 Å². The topological polar surface area (TPSA) is 69.6 Å². The van der Waals surface area contributed by atoms with E-state index in [0.29, 0.717) is 0 Å². The molecule has 0 saturated heterocycles. The number of carbonyl (C=O) groups is 2. The number of rotatable bonds is 6. The van der Waals surface area contributed by atoms with Crippen molar-refractivity contribution in [1.82, 2.24) is 10.2 Å². The van der Waals surface area contributed by atoms with Crippen LogP contribution in [0.1, 0.15) is 41.0 Å². The Morgan fingerprint density at radius 3 is 2.18 bits per heavy atom. The molecule has 0 aromatic rings. The van der Waals surface area contributed by atoms with E-state index in [4.69, 9.17) is 5.11 Å². The number of carboxylic acid groups (broad SMARTS) is 1. The molecule has 0 aliphatic carbocycles. The Morgan fingerprint density at radius 1 is 1.29 bits per heavy atom.